The minimum absolute atomic E-state index is 0.463. The molecule has 0 radical (unpaired) electrons. The first-order chi connectivity index (χ1) is 9.63. The lowest BCUT2D eigenvalue weighted by atomic mass is 9.88. The highest BCUT2D eigenvalue weighted by Gasteiger charge is 2.39. The van der Waals surface area contributed by atoms with Crippen molar-refractivity contribution >= 4 is 5.69 Å². The molecule has 0 saturated heterocycles. The first-order valence-corrected chi connectivity index (χ1v) is 8.14. The first kappa shape index (κ1) is 13.9. The summed E-state index contributed by atoms with van der Waals surface area (Å²) in [5.74, 6) is 3.02. The third-order valence-electron chi connectivity index (χ3n) is 5.48. The molecule has 2 heteroatoms. The summed E-state index contributed by atoms with van der Waals surface area (Å²) in [6, 6.07) is 9.41. The van der Waals surface area contributed by atoms with Crippen molar-refractivity contribution in [3.63, 3.8) is 0 Å². The molecule has 20 heavy (non-hydrogen) atoms. The second kappa shape index (κ2) is 5.77. The van der Waals surface area contributed by atoms with Gasteiger partial charge in [-0.1, -0.05) is 18.6 Å². The molecule has 0 aliphatic heterocycles. The maximum Gasteiger partial charge on any atom is 0.0361 e. The topological polar surface area (TPSA) is 15.3 Å². The Morgan fingerprint density at radius 2 is 1.90 bits per heavy atom. The number of benzene rings is 1. The summed E-state index contributed by atoms with van der Waals surface area (Å²) >= 11 is 0. The summed E-state index contributed by atoms with van der Waals surface area (Å²) in [7, 11) is 4.18. The fourth-order valence-electron chi connectivity index (χ4n) is 4.13. The molecule has 2 aliphatic carbocycles. The zero-order valence-electron chi connectivity index (χ0n) is 13.1. The Kier molecular flexibility index (Phi) is 4.02. The molecule has 3 rings (SSSR count). The van der Waals surface area contributed by atoms with Gasteiger partial charge in [0.25, 0.3) is 0 Å². The zero-order valence-corrected chi connectivity index (χ0v) is 13.1. The Morgan fingerprint density at radius 1 is 1.15 bits per heavy atom. The van der Waals surface area contributed by atoms with E-state index < -0.39 is 0 Å². The second-order valence-electron chi connectivity index (χ2n) is 7.05. The SMILES string of the molecule is CC(NCC1CC2CCC1C2)c1ccc(N(C)C)cc1. The first-order valence-electron chi connectivity index (χ1n) is 8.14. The molecule has 4 atom stereocenters. The number of anilines is 1. The van der Waals surface area contributed by atoms with Crippen LogP contribution in [-0.4, -0.2) is 20.6 Å². The second-order valence-corrected chi connectivity index (χ2v) is 7.05. The minimum Gasteiger partial charge on any atom is -0.378 e. The van der Waals surface area contributed by atoms with Crippen LogP contribution in [0.1, 0.15) is 44.2 Å². The number of hydrogen-bond acceptors (Lipinski definition) is 2. The van der Waals surface area contributed by atoms with Crippen molar-refractivity contribution in [2.75, 3.05) is 25.5 Å². The van der Waals surface area contributed by atoms with Crippen LogP contribution in [0.25, 0.3) is 0 Å². The smallest absolute Gasteiger partial charge is 0.0361 e. The van der Waals surface area contributed by atoms with Crippen molar-refractivity contribution in [1.82, 2.24) is 5.32 Å². The van der Waals surface area contributed by atoms with E-state index in [4.69, 9.17) is 0 Å². The molecule has 2 fully saturated rings. The average Bonchev–Trinajstić information content (AvgIpc) is 3.07. The van der Waals surface area contributed by atoms with Gasteiger partial charge in [-0.2, -0.15) is 0 Å². The van der Waals surface area contributed by atoms with Crippen LogP contribution < -0.4 is 10.2 Å². The number of fused-ring (bicyclic) bond motifs is 2. The van der Waals surface area contributed by atoms with Crippen molar-refractivity contribution in [3.8, 4) is 0 Å². The van der Waals surface area contributed by atoms with Gasteiger partial charge in [-0.3, -0.25) is 0 Å². The van der Waals surface area contributed by atoms with Crippen molar-refractivity contribution in [2.45, 2.75) is 38.6 Å². The largest absolute Gasteiger partial charge is 0.378 e. The fourth-order valence-corrected chi connectivity index (χ4v) is 4.13. The summed E-state index contributed by atoms with van der Waals surface area (Å²) < 4.78 is 0. The van der Waals surface area contributed by atoms with Gasteiger partial charge in [-0.05, 0) is 68.2 Å². The van der Waals surface area contributed by atoms with E-state index >= 15 is 0 Å². The molecule has 2 aliphatic rings. The predicted octanol–water partition coefficient (Wildman–Crippen LogP) is 3.84. The van der Waals surface area contributed by atoms with E-state index in [0.717, 1.165) is 17.8 Å². The van der Waals surface area contributed by atoms with Gasteiger partial charge < -0.3 is 10.2 Å². The highest BCUT2D eigenvalue weighted by atomic mass is 15.1. The van der Waals surface area contributed by atoms with Crippen molar-refractivity contribution in [3.05, 3.63) is 29.8 Å². The molecule has 0 spiro atoms. The molecule has 110 valence electrons. The van der Waals surface area contributed by atoms with Crippen LogP contribution in [-0.2, 0) is 0 Å². The molecule has 4 unspecified atom stereocenters. The number of nitrogens with one attached hydrogen (secondary N) is 1. The lowest BCUT2D eigenvalue weighted by molar-refractivity contribution is 0.309. The normalized spacial score (nSPS) is 29.6. The Morgan fingerprint density at radius 3 is 2.45 bits per heavy atom. The number of hydrogen-bond donors (Lipinski definition) is 1. The molecule has 2 saturated carbocycles. The van der Waals surface area contributed by atoms with E-state index in [1.165, 1.54) is 43.5 Å². The van der Waals surface area contributed by atoms with E-state index in [-0.39, 0.29) is 0 Å². The molecule has 0 heterocycles. The van der Waals surface area contributed by atoms with Crippen molar-refractivity contribution in [2.24, 2.45) is 17.8 Å². The van der Waals surface area contributed by atoms with Gasteiger partial charge >= 0.3 is 0 Å². The van der Waals surface area contributed by atoms with E-state index in [0.29, 0.717) is 6.04 Å². The van der Waals surface area contributed by atoms with Crippen LogP contribution in [0.5, 0.6) is 0 Å². The number of rotatable bonds is 5. The summed E-state index contributed by atoms with van der Waals surface area (Å²) in [5.41, 5.74) is 2.67. The van der Waals surface area contributed by atoms with Crippen LogP contribution in [0.2, 0.25) is 0 Å². The van der Waals surface area contributed by atoms with E-state index in [1.807, 2.05) is 0 Å². The number of nitrogens with zero attached hydrogens (tertiary/aromatic N) is 1. The average molecular weight is 272 g/mol. The Bertz CT molecular complexity index is 437. The van der Waals surface area contributed by atoms with Gasteiger partial charge in [0.15, 0.2) is 0 Å². The summed E-state index contributed by atoms with van der Waals surface area (Å²) in [4.78, 5) is 2.15. The van der Waals surface area contributed by atoms with Gasteiger partial charge in [-0.15, -0.1) is 0 Å². The fraction of sp³-hybridized carbons (Fsp3) is 0.667. The summed E-state index contributed by atoms with van der Waals surface area (Å²) in [6.07, 6.45) is 5.98. The van der Waals surface area contributed by atoms with E-state index in [9.17, 15) is 0 Å². The van der Waals surface area contributed by atoms with Crippen LogP contribution >= 0.6 is 0 Å². The Labute approximate surface area is 123 Å². The van der Waals surface area contributed by atoms with Gasteiger partial charge in [0.2, 0.25) is 0 Å². The van der Waals surface area contributed by atoms with Gasteiger partial charge in [-0.25, -0.2) is 0 Å². The molecule has 1 N–H and O–H groups in total. The summed E-state index contributed by atoms with van der Waals surface area (Å²) in [6.45, 7) is 3.50. The molecule has 0 amide bonds. The van der Waals surface area contributed by atoms with Crippen molar-refractivity contribution in [1.29, 1.82) is 0 Å². The highest BCUT2D eigenvalue weighted by Crippen LogP contribution is 2.48. The molecule has 2 bridgehead atoms. The van der Waals surface area contributed by atoms with Crippen LogP contribution in [0, 0.1) is 17.8 Å². The lowest BCUT2D eigenvalue weighted by Crippen LogP contribution is -2.28. The monoisotopic (exact) mass is 272 g/mol. The maximum atomic E-state index is 3.76. The van der Waals surface area contributed by atoms with Gasteiger partial charge in [0.1, 0.15) is 0 Å². The summed E-state index contributed by atoms with van der Waals surface area (Å²) in [5, 5.41) is 3.76. The van der Waals surface area contributed by atoms with Gasteiger partial charge in [0, 0.05) is 25.8 Å². The minimum atomic E-state index is 0.463. The Hall–Kier alpha value is -1.02. The molecule has 2 nitrogen and oxygen atoms in total. The maximum absolute atomic E-state index is 3.76. The quantitative estimate of drug-likeness (QED) is 0.876. The molecule has 0 aromatic heterocycles. The van der Waals surface area contributed by atoms with E-state index in [1.54, 1.807) is 0 Å². The molecule has 1 aromatic rings. The standard InChI is InChI=1S/C18H28N2/c1-13(15-6-8-18(9-7-15)20(2)3)19-12-17-11-14-4-5-16(17)10-14/h6-9,13-14,16-17,19H,4-5,10-12H2,1-3H3. The third kappa shape index (κ3) is 2.85. The highest BCUT2D eigenvalue weighted by molar-refractivity contribution is 5.46. The zero-order chi connectivity index (χ0) is 14.1. The van der Waals surface area contributed by atoms with E-state index in [2.05, 4.69) is 55.5 Å². The third-order valence-corrected chi connectivity index (χ3v) is 5.48. The van der Waals surface area contributed by atoms with Crippen molar-refractivity contribution < 1.29 is 0 Å². The lowest BCUT2D eigenvalue weighted by Gasteiger charge is -2.24. The Balaban J connectivity index is 1.52. The molecular formula is C18H28N2. The van der Waals surface area contributed by atoms with Crippen LogP contribution in [0.3, 0.4) is 0 Å². The van der Waals surface area contributed by atoms with Gasteiger partial charge in [0.05, 0.1) is 0 Å². The molecule has 1 aromatic carbocycles. The predicted molar refractivity (Wildman–Crippen MR) is 86.1 cm³/mol. The molecular weight excluding hydrogens is 244 g/mol. The van der Waals surface area contributed by atoms with Crippen LogP contribution in [0.15, 0.2) is 24.3 Å². The van der Waals surface area contributed by atoms with Crippen LogP contribution in [0.4, 0.5) is 5.69 Å².